The van der Waals surface area contributed by atoms with Crippen molar-refractivity contribution in [2.24, 2.45) is 0 Å². The lowest BCUT2D eigenvalue weighted by molar-refractivity contribution is 0.267. The Labute approximate surface area is 208 Å². The molecule has 0 amide bonds. The zero-order valence-electron chi connectivity index (χ0n) is 20.8. The fraction of sp³-hybridized carbons (Fsp3) is 0.286. The van der Waals surface area contributed by atoms with Gasteiger partial charge < -0.3 is 18.9 Å². The zero-order chi connectivity index (χ0) is 25.4. The number of rotatable bonds is 11. The SMILES string of the molecule is COc1c(C/C=C(\C)CS(=O)(=O)c2ccccc2)c(C)c(OCc2ccccc2)c(OC)c1OC. The lowest BCUT2D eigenvalue weighted by atomic mass is 10.00. The average Bonchev–Trinajstić information content (AvgIpc) is 2.87. The van der Waals surface area contributed by atoms with Crippen LogP contribution in [0.3, 0.4) is 0 Å². The summed E-state index contributed by atoms with van der Waals surface area (Å²) >= 11 is 0. The summed E-state index contributed by atoms with van der Waals surface area (Å²) in [6, 6.07) is 18.3. The fourth-order valence-corrected chi connectivity index (χ4v) is 5.36. The van der Waals surface area contributed by atoms with Crippen LogP contribution in [-0.4, -0.2) is 35.5 Å². The van der Waals surface area contributed by atoms with Gasteiger partial charge in [0.25, 0.3) is 0 Å². The molecule has 0 aromatic heterocycles. The Balaban J connectivity index is 1.95. The van der Waals surface area contributed by atoms with Crippen LogP contribution in [0.2, 0.25) is 0 Å². The van der Waals surface area contributed by atoms with Crippen LogP contribution in [0.1, 0.15) is 23.6 Å². The average molecular weight is 497 g/mol. The summed E-state index contributed by atoms with van der Waals surface area (Å²) in [7, 11) is 1.25. The summed E-state index contributed by atoms with van der Waals surface area (Å²) in [6.45, 7) is 4.11. The molecular formula is C28H32O6S. The summed E-state index contributed by atoms with van der Waals surface area (Å²) < 4.78 is 48.8. The van der Waals surface area contributed by atoms with Crippen molar-refractivity contribution < 1.29 is 27.4 Å². The Hall–Kier alpha value is -3.45. The van der Waals surface area contributed by atoms with E-state index in [1.807, 2.05) is 50.3 Å². The van der Waals surface area contributed by atoms with Crippen LogP contribution in [0.15, 0.2) is 77.2 Å². The molecule has 3 rings (SSSR count). The van der Waals surface area contributed by atoms with Gasteiger partial charge in [0.2, 0.25) is 11.5 Å². The van der Waals surface area contributed by atoms with E-state index in [0.717, 1.165) is 22.3 Å². The number of methoxy groups -OCH3 is 3. The number of hydrogen-bond acceptors (Lipinski definition) is 6. The predicted molar refractivity (Wildman–Crippen MR) is 138 cm³/mol. The highest BCUT2D eigenvalue weighted by Crippen LogP contribution is 2.49. The molecule has 0 aliphatic heterocycles. The highest BCUT2D eigenvalue weighted by molar-refractivity contribution is 7.91. The molecule has 0 fully saturated rings. The monoisotopic (exact) mass is 496 g/mol. The van der Waals surface area contributed by atoms with Gasteiger partial charge in [-0.3, -0.25) is 0 Å². The van der Waals surface area contributed by atoms with Gasteiger partial charge in [-0.2, -0.15) is 0 Å². The highest BCUT2D eigenvalue weighted by atomic mass is 32.2. The van der Waals surface area contributed by atoms with Crippen LogP contribution in [0.4, 0.5) is 0 Å². The van der Waals surface area contributed by atoms with E-state index < -0.39 is 9.84 Å². The van der Waals surface area contributed by atoms with E-state index in [-0.39, 0.29) is 5.75 Å². The lowest BCUT2D eigenvalue weighted by Crippen LogP contribution is -2.09. The molecule has 0 aliphatic rings. The van der Waals surface area contributed by atoms with Crippen molar-refractivity contribution >= 4 is 9.84 Å². The molecule has 7 heteroatoms. The van der Waals surface area contributed by atoms with Crippen molar-refractivity contribution in [1.29, 1.82) is 0 Å². The van der Waals surface area contributed by atoms with Gasteiger partial charge in [0.1, 0.15) is 6.61 Å². The predicted octanol–water partition coefficient (Wildman–Crippen LogP) is 5.56. The minimum Gasteiger partial charge on any atom is -0.492 e. The van der Waals surface area contributed by atoms with E-state index in [1.165, 1.54) is 0 Å². The molecular weight excluding hydrogens is 464 g/mol. The number of sulfone groups is 1. The first-order valence-electron chi connectivity index (χ1n) is 11.2. The minimum atomic E-state index is -3.43. The molecule has 0 aliphatic carbocycles. The topological polar surface area (TPSA) is 71.1 Å². The van der Waals surface area contributed by atoms with Crippen LogP contribution in [0.5, 0.6) is 23.0 Å². The van der Waals surface area contributed by atoms with E-state index >= 15 is 0 Å². The zero-order valence-corrected chi connectivity index (χ0v) is 21.6. The van der Waals surface area contributed by atoms with Crippen molar-refractivity contribution in [3.63, 3.8) is 0 Å². The molecule has 0 spiro atoms. The second-order valence-corrected chi connectivity index (χ2v) is 10.1. The normalized spacial score (nSPS) is 11.7. The van der Waals surface area contributed by atoms with E-state index in [0.29, 0.717) is 40.9 Å². The molecule has 186 valence electrons. The maximum atomic E-state index is 12.8. The van der Waals surface area contributed by atoms with E-state index in [4.69, 9.17) is 18.9 Å². The number of hydrogen-bond donors (Lipinski definition) is 0. The fourth-order valence-electron chi connectivity index (χ4n) is 3.90. The Bertz CT molecular complexity index is 1270. The van der Waals surface area contributed by atoms with E-state index in [1.54, 1.807) is 51.7 Å². The summed E-state index contributed by atoms with van der Waals surface area (Å²) in [5.74, 6) is 1.91. The first-order chi connectivity index (χ1) is 16.8. The molecule has 35 heavy (non-hydrogen) atoms. The maximum Gasteiger partial charge on any atom is 0.207 e. The van der Waals surface area contributed by atoms with Crippen molar-refractivity contribution in [3.8, 4) is 23.0 Å². The van der Waals surface area contributed by atoms with Crippen molar-refractivity contribution in [2.75, 3.05) is 27.1 Å². The van der Waals surface area contributed by atoms with Crippen LogP contribution in [-0.2, 0) is 22.9 Å². The van der Waals surface area contributed by atoms with Crippen molar-refractivity contribution in [2.45, 2.75) is 31.8 Å². The quantitative estimate of drug-likeness (QED) is 0.324. The van der Waals surface area contributed by atoms with Gasteiger partial charge in [0, 0.05) is 11.1 Å². The van der Waals surface area contributed by atoms with Gasteiger partial charge >= 0.3 is 0 Å². The largest absolute Gasteiger partial charge is 0.492 e. The summed E-state index contributed by atoms with van der Waals surface area (Å²) in [5, 5.41) is 0. The third kappa shape index (κ3) is 6.17. The Morgan fingerprint density at radius 2 is 1.34 bits per heavy atom. The smallest absolute Gasteiger partial charge is 0.207 e. The number of benzene rings is 3. The van der Waals surface area contributed by atoms with Gasteiger partial charge in [0.15, 0.2) is 21.3 Å². The molecule has 0 bridgehead atoms. The summed E-state index contributed by atoms with van der Waals surface area (Å²) in [4.78, 5) is 0.309. The van der Waals surface area contributed by atoms with Gasteiger partial charge in [-0.05, 0) is 38.0 Å². The third-order valence-corrected chi connectivity index (χ3v) is 7.52. The minimum absolute atomic E-state index is 0.0664. The molecule has 0 N–H and O–H groups in total. The number of allylic oxidation sites excluding steroid dienone is 1. The van der Waals surface area contributed by atoms with Crippen LogP contribution >= 0.6 is 0 Å². The first kappa shape index (κ1) is 26.2. The van der Waals surface area contributed by atoms with Crippen molar-refractivity contribution in [3.05, 3.63) is 89.0 Å². The van der Waals surface area contributed by atoms with Gasteiger partial charge in [-0.1, -0.05) is 60.2 Å². The van der Waals surface area contributed by atoms with E-state index in [2.05, 4.69) is 0 Å². The van der Waals surface area contributed by atoms with Crippen LogP contribution in [0.25, 0.3) is 0 Å². The van der Waals surface area contributed by atoms with Crippen LogP contribution < -0.4 is 18.9 Å². The van der Waals surface area contributed by atoms with Crippen LogP contribution in [0, 0.1) is 6.92 Å². The van der Waals surface area contributed by atoms with Gasteiger partial charge in [0.05, 0.1) is 32.0 Å². The van der Waals surface area contributed by atoms with Gasteiger partial charge in [-0.25, -0.2) is 8.42 Å². The second kappa shape index (κ2) is 11.8. The summed E-state index contributed by atoms with van der Waals surface area (Å²) in [5.41, 5.74) is 3.43. The molecule has 0 atom stereocenters. The van der Waals surface area contributed by atoms with Gasteiger partial charge in [-0.15, -0.1) is 0 Å². The molecule has 0 heterocycles. The second-order valence-electron chi connectivity index (χ2n) is 8.13. The molecule has 0 unspecified atom stereocenters. The standard InChI is InChI=1S/C28H32O6S/c1-20(19-35(29,30)23-14-10-7-11-15-23)16-17-24-21(2)25(34-18-22-12-8-6-9-13-22)27(32-4)28(33-5)26(24)31-3/h6-16H,17-19H2,1-5H3/b20-16+. The molecule has 3 aromatic rings. The molecule has 0 saturated carbocycles. The Kier molecular flexibility index (Phi) is 8.82. The Morgan fingerprint density at radius 1 is 0.800 bits per heavy atom. The van der Waals surface area contributed by atoms with Crippen molar-refractivity contribution in [1.82, 2.24) is 0 Å². The molecule has 0 radical (unpaired) electrons. The highest BCUT2D eigenvalue weighted by Gasteiger charge is 2.25. The lowest BCUT2D eigenvalue weighted by Gasteiger charge is -2.22. The van der Waals surface area contributed by atoms with E-state index in [9.17, 15) is 8.42 Å². The maximum absolute atomic E-state index is 12.8. The summed E-state index contributed by atoms with van der Waals surface area (Å²) in [6.07, 6.45) is 2.34. The number of ether oxygens (including phenoxy) is 4. The molecule has 0 saturated heterocycles. The first-order valence-corrected chi connectivity index (χ1v) is 12.9. The molecule has 3 aromatic carbocycles. The Morgan fingerprint density at radius 3 is 1.91 bits per heavy atom. The third-order valence-electron chi connectivity index (χ3n) is 5.70. The molecule has 6 nitrogen and oxygen atoms in total.